The van der Waals surface area contributed by atoms with Gasteiger partial charge < -0.3 is 20.1 Å². The van der Waals surface area contributed by atoms with E-state index < -0.39 is 5.60 Å². The lowest BCUT2D eigenvalue weighted by Crippen LogP contribution is -2.46. The number of nitrogens with zero attached hydrogens (tertiary/aromatic N) is 2. The molecular weight excluding hydrogens is 342 g/mol. The predicted octanol–water partition coefficient (Wildman–Crippen LogP) is 4.38. The van der Waals surface area contributed by atoms with Gasteiger partial charge in [-0.3, -0.25) is 0 Å². The van der Waals surface area contributed by atoms with Crippen molar-refractivity contribution in [2.24, 2.45) is 0 Å². The average Bonchev–Trinajstić information content (AvgIpc) is 2.61. The number of benzene rings is 1. The Morgan fingerprint density at radius 1 is 1.30 bits per heavy atom. The summed E-state index contributed by atoms with van der Waals surface area (Å²) < 4.78 is 11.5. The van der Waals surface area contributed by atoms with E-state index in [1.165, 1.54) is 0 Å². The highest BCUT2D eigenvalue weighted by atomic mass is 16.6. The molecule has 2 aromatic rings. The van der Waals surface area contributed by atoms with Crippen LogP contribution in [-0.4, -0.2) is 40.8 Å². The SMILES string of the molecule is CC(C)(C)OC(=O)N1CCCC[C@H]1CCOc1ccc2c(N)nccc2c1. The molecule has 146 valence electrons. The van der Waals surface area contributed by atoms with Crippen LogP contribution < -0.4 is 10.5 Å². The third kappa shape index (κ3) is 5.02. The van der Waals surface area contributed by atoms with E-state index in [4.69, 9.17) is 15.2 Å². The molecule has 2 N–H and O–H groups in total. The third-order valence-corrected chi connectivity index (χ3v) is 4.74. The second kappa shape index (κ2) is 8.03. The predicted molar refractivity (Wildman–Crippen MR) is 107 cm³/mol. The summed E-state index contributed by atoms with van der Waals surface area (Å²) >= 11 is 0. The van der Waals surface area contributed by atoms with Crippen molar-refractivity contribution in [3.05, 3.63) is 30.5 Å². The fourth-order valence-electron chi connectivity index (χ4n) is 3.44. The van der Waals surface area contributed by atoms with Crippen molar-refractivity contribution in [1.82, 2.24) is 9.88 Å². The number of pyridine rings is 1. The Labute approximate surface area is 160 Å². The minimum Gasteiger partial charge on any atom is -0.493 e. The monoisotopic (exact) mass is 371 g/mol. The number of likely N-dealkylation sites (tertiary alicyclic amines) is 1. The molecule has 3 rings (SSSR count). The van der Waals surface area contributed by atoms with Crippen LogP contribution in [0.3, 0.4) is 0 Å². The van der Waals surface area contributed by atoms with Gasteiger partial charge in [-0.05, 0) is 69.7 Å². The molecule has 1 aromatic heterocycles. The van der Waals surface area contributed by atoms with Crippen molar-refractivity contribution >= 4 is 22.7 Å². The first-order valence-corrected chi connectivity index (χ1v) is 9.60. The smallest absolute Gasteiger partial charge is 0.410 e. The van der Waals surface area contributed by atoms with Gasteiger partial charge in [0.25, 0.3) is 0 Å². The highest BCUT2D eigenvalue weighted by Crippen LogP contribution is 2.25. The lowest BCUT2D eigenvalue weighted by molar-refractivity contribution is 0.00744. The minimum absolute atomic E-state index is 0.161. The highest BCUT2D eigenvalue weighted by Gasteiger charge is 2.30. The molecule has 0 spiro atoms. The van der Waals surface area contributed by atoms with Crippen molar-refractivity contribution in [1.29, 1.82) is 0 Å². The summed E-state index contributed by atoms with van der Waals surface area (Å²) in [7, 11) is 0. The van der Waals surface area contributed by atoms with Crippen LogP contribution >= 0.6 is 0 Å². The quantitative estimate of drug-likeness (QED) is 0.863. The summed E-state index contributed by atoms with van der Waals surface area (Å²) in [5, 5.41) is 1.93. The topological polar surface area (TPSA) is 77.7 Å². The number of hydrogen-bond donors (Lipinski definition) is 1. The Bertz CT molecular complexity index is 801. The summed E-state index contributed by atoms with van der Waals surface area (Å²) in [5.74, 6) is 1.32. The van der Waals surface area contributed by atoms with E-state index >= 15 is 0 Å². The molecule has 1 aliphatic heterocycles. The van der Waals surface area contributed by atoms with E-state index in [2.05, 4.69) is 4.98 Å². The van der Waals surface area contributed by atoms with Gasteiger partial charge in [0.2, 0.25) is 0 Å². The number of hydrogen-bond acceptors (Lipinski definition) is 5. The summed E-state index contributed by atoms with van der Waals surface area (Å²) in [6.07, 6.45) is 5.41. The normalized spacial score (nSPS) is 17.7. The fourth-order valence-corrected chi connectivity index (χ4v) is 3.44. The van der Waals surface area contributed by atoms with Gasteiger partial charge in [-0.1, -0.05) is 0 Å². The molecule has 1 saturated heterocycles. The van der Waals surface area contributed by atoms with Crippen LogP contribution in [0.25, 0.3) is 10.8 Å². The number of carbonyl (C=O) groups is 1. The Kier molecular flexibility index (Phi) is 5.73. The van der Waals surface area contributed by atoms with Crippen LogP contribution in [0, 0.1) is 0 Å². The van der Waals surface area contributed by atoms with Crippen molar-refractivity contribution in [2.45, 2.75) is 58.1 Å². The third-order valence-electron chi connectivity index (χ3n) is 4.74. The molecule has 27 heavy (non-hydrogen) atoms. The standard InChI is InChI=1S/C21H29N3O3/c1-21(2,3)27-20(25)24-12-5-4-6-16(24)10-13-26-17-7-8-18-15(14-17)9-11-23-19(18)22/h7-9,11,14,16H,4-6,10,12-13H2,1-3H3,(H2,22,23)/t16-/m0/s1. The Balaban J connectivity index is 1.59. The lowest BCUT2D eigenvalue weighted by Gasteiger charge is -2.36. The van der Waals surface area contributed by atoms with Crippen LogP contribution in [0.1, 0.15) is 46.5 Å². The van der Waals surface area contributed by atoms with E-state index in [0.717, 1.165) is 48.8 Å². The fraction of sp³-hybridized carbons (Fsp3) is 0.524. The molecule has 0 radical (unpaired) electrons. The molecule has 1 aromatic carbocycles. The Hall–Kier alpha value is -2.50. The number of ether oxygens (including phenoxy) is 2. The van der Waals surface area contributed by atoms with Crippen molar-refractivity contribution in [2.75, 3.05) is 18.9 Å². The Morgan fingerprint density at radius 3 is 2.89 bits per heavy atom. The molecule has 1 atom stereocenters. The summed E-state index contributed by atoms with van der Waals surface area (Å²) in [5.41, 5.74) is 5.42. The van der Waals surface area contributed by atoms with Crippen LogP contribution in [0.5, 0.6) is 5.75 Å². The van der Waals surface area contributed by atoms with Crippen LogP contribution in [0.2, 0.25) is 0 Å². The molecule has 0 bridgehead atoms. The molecule has 1 aliphatic rings. The first kappa shape index (κ1) is 19.3. The molecule has 2 heterocycles. The molecule has 0 aliphatic carbocycles. The van der Waals surface area contributed by atoms with E-state index in [1.807, 2.05) is 49.9 Å². The van der Waals surface area contributed by atoms with Gasteiger partial charge in [-0.25, -0.2) is 9.78 Å². The number of anilines is 1. The van der Waals surface area contributed by atoms with E-state index in [1.54, 1.807) is 6.20 Å². The van der Waals surface area contributed by atoms with Gasteiger partial charge in [0.05, 0.1) is 6.61 Å². The summed E-state index contributed by atoms with van der Waals surface area (Å²) in [6.45, 7) is 7.00. The number of amides is 1. The largest absolute Gasteiger partial charge is 0.493 e. The molecule has 1 fully saturated rings. The zero-order valence-corrected chi connectivity index (χ0v) is 16.4. The number of piperidine rings is 1. The molecule has 0 unspecified atom stereocenters. The molecule has 6 nitrogen and oxygen atoms in total. The van der Waals surface area contributed by atoms with E-state index in [0.29, 0.717) is 12.4 Å². The molecular formula is C21H29N3O3. The molecule has 0 saturated carbocycles. The van der Waals surface area contributed by atoms with E-state index in [-0.39, 0.29) is 12.1 Å². The summed E-state index contributed by atoms with van der Waals surface area (Å²) in [6, 6.07) is 7.89. The van der Waals surface area contributed by atoms with Crippen molar-refractivity contribution in [3.8, 4) is 5.75 Å². The first-order valence-electron chi connectivity index (χ1n) is 9.60. The van der Waals surface area contributed by atoms with Gasteiger partial charge >= 0.3 is 6.09 Å². The van der Waals surface area contributed by atoms with Crippen molar-refractivity contribution in [3.63, 3.8) is 0 Å². The first-order chi connectivity index (χ1) is 12.8. The average molecular weight is 371 g/mol. The Morgan fingerprint density at radius 2 is 2.11 bits per heavy atom. The van der Waals surface area contributed by atoms with Gasteiger partial charge in [-0.2, -0.15) is 0 Å². The van der Waals surface area contributed by atoms with Gasteiger partial charge in [0, 0.05) is 30.6 Å². The zero-order valence-electron chi connectivity index (χ0n) is 16.4. The lowest BCUT2D eigenvalue weighted by atomic mass is 10.0. The summed E-state index contributed by atoms with van der Waals surface area (Å²) in [4.78, 5) is 18.4. The molecule has 6 heteroatoms. The van der Waals surface area contributed by atoms with E-state index in [9.17, 15) is 4.79 Å². The van der Waals surface area contributed by atoms with Gasteiger partial charge in [-0.15, -0.1) is 0 Å². The number of aromatic nitrogens is 1. The highest BCUT2D eigenvalue weighted by molar-refractivity contribution is 5.91. The second-order valence-electron chi connectivity index (χ2n) is 8.04. The number of fused-ring (bicyclic) bond motifs is 1. The van der Waals surface area contributed by atoms with Crippen LogP contribution in [-0.2, 0) is 4.74 Å². The maximum Gasteiger partial charge on any atom is 0.410 e. The maximum atomic E-state index is 12.5. The number of carbonyl (C=O) groups excluding carboxylic acids is 1. The number of rotatable bonds is 4. The second-order valence-corrected chi connectivity index (χ2v) is 8.04. The number of nitrogens with two attached hydrogens (primary N) is 1. The maximum absolute atomic E-state index is 12.5. The van der Waals surface area contributed by atoms with Crippen LogP contribution in [0.4, 0.5) is 10.6 Å². The number of nitrogen functional groups attached to an aromatic ring is 1. The van der Waals surface area contributed by atoms with Gasteiger partial charge in [0.1, 0.15) is 17.2 Å². The van der Waals surface area contributed by atoms with Gasteiger partial charge in [0.15, 0.2) is 0 Å². The van der Waals surface area contributed by atoms with Crippen molar-refractivity contribution < 1.29 is 14.3 Å². The molecule has 1 amide bonds. The minimum atomic E-state index is -0.475. The zero-order chi connectivity index (χ0) is 19.4. The van der Waals surface area contributed by atoms with Crippen LogP contribution in [0.15, 0.2) is 30.5 Å².